The maximum absolute atomic E-state index is 12.9. The van der Waals surface area contributed by atoms with E-state index < -0.39 is 57.8 Å². The summed E-state index contributed by atoms with van der Waals surface area (Å²) in [6, 6.07) is 0. The number of unbranched alkanes of at least 4 members (excludes halogenated alkanes) is 25. The van der Waals surface area contributed by atoms with Crippen molar-refractivity contribution in [2.24, 2.45) is 0 Å². The van der Waals surface area contributed by atoms with Gasteiger partial charge in [0.2, 0.25) is 0 Å². The quantitative estimate of drug-likeness (QED) is 0.0197. The summed E-state index contributed by atoms with van der Waals surface area (Å²) in [7, 11) is -4.76. The fourth-order valence-corrected chi connectivity index (χ4v) is 8.44. The van der Waals surface area contributed by atoms with E-state index in [1.54, 1.807) is 0 Å². The minimum Gasteiger partial charge on any atom is -0.462 e. The average molecular weight is 1010 g/mol. The Hall–Kier alpha value is -2.82. The minimum absolute atomic E-state index is 0.0473. The zero-order valence-electron chi connectivity index (χ0n) is 44.7. The standard InChI is InChI=1S/C58H103O11P/c1-4-7-10-13-16-19-22-25-26-27-28-31-32-35-38-41-44-47-56(60)65-51-55(69-58(62)49-46-43-40-37-34-30-24-21-18-15-12-9-6-3)53-67-70(63,64)66-52-54(50-59)68-57(61)48-45-42-39-36-33-29-23-20-17-14-11-8-5-2/h9,12,18,20-21,23,30,34,40,43,54-55,59H,4-8,10-11,13-17,19,22,24-29,31-33,35-39,41-42,44-53H2,1-3H3,(H,63,64)/b12-9-,21-18-,23-20-,34-30-,43-40-. The zero-order chi connectivity index (χ0) is 51.3. The van der Waals surface area contributed by atoms with Gasteiger partial charge < -0.3 is 24.2 Å². The molecule has 0 saturated heterocycles. The molecular weight excluding hydrogens is 904 g/mol. The van der Waals surface area contributed by atoms with Crippen LogP contribution in [0.15, 0.2) is 60.8 Å². The van der Waals surface area contributed by atoms with Crippen molar-refractivity contribution < 1.29 is 52.2 Å². The fourth-order valence-electron chi connectivity index (χ4n) is 7.66. The van der Waals surface area contributed by atoms with Crippen LogP contribution in [-0.2, 0) is 42.2 Å². The number of rotatable bonds is 52. The van der Waals surface area contributed by atoms with Crippen LogP contribution in [0.5, 0.6) is 0 Å². The van der Waals surface area contributed by atoms with E-state index in [4.69, 9.17) is 23.3 Å². The van der Waals surface area contributed by atoms with Crippen LogP contribution in [0.25, 0.3) is 0 Å². The van der Waals surface area contributed by atoms with Crippen molar-refractivity contribution in [3.8, 4) is 0 Å². The summed E-state index contributed by atoms with van der Waals surface area (Å²) in [4.78, 5) is 48.4. The highest BCUT2D eigenvalue weighted by molar-refractivity contribution is 7.47. The third-order valence-electron chi connectivity index (χ3n) is 11.9. The number of ether oxygens (including phenoxy) is 3. The van der Waals surface area contributed by atoms with Gasteiger partial charge in [0, 0.05) is 19.3 Å². The van der Waals surface area contributed by atoms with E-state index in [1.165, 1.54) is 109 Å². The second-order valence-electron chi connectivity index (χ2n) is 18.7. The van der Waals surface area contributed by atoms with Gasteiger partial charge in [-0.1, -0.05) is 223 Å². The number of carbonyl (C=O) groups excluding carboxylic acids is 3. The third kappa shape index (κ3) is 50.1. The molecule has 11 nitrogen and oxygen atoms in total. The van der Waals surface area contributed by atoms with Gasteiger partial charge >= 0.3 is 25.7 Å². The second-order valence-corrected chi connectivity index (χ2v) is 20.2. The number of carbonyl (C=O) groups is 3. The van der Waals surface area contributed by atoms with E-state index in [2.05, 4.69) is 69.4 Å². The van der Waals surface area contributed by atoms with Crippen molar-refractivity contribution in [2.45, 2.75) is 264 Å². The molecule has 0 amide bonds. The molecule has 0 spiro atoms. The first-order valence-electron chi connectivity index (χ1n) is 28.2. The molecule has 0 aliphatic carbocycles. The Morgan fingerprint density at radius 2 is 0.771 bits per heavy atom. The molecule has 12 heteroatoms. The number of aliphatic hydroxyl groups excluding tert-OH is 1. The molecule has 0 aliphatic rings. The molecule has 0 aromatic heterocycles. The van der Waals surface area contributed by atoms with Gasteiger partial charge in [-0.25, -0.2) is 4.57 Å². The predicted molar refractivity (Wildman–Crippen MR) is 288 cm³/mol. The third-order valence-corrected chi connectivity index (χ3v) is 12.9. The molecule has 3 atom stereocenters. The van der Waals surface area contributed by atoms with Gasteiger partial charge in [0.15, 0.2) is 6.10 Å². The van der Waals surface area contributed by atoms with Crippen molar-refractivity contribution in [2.75, 3.05) is 26.4 Å². The average Bonchev–Trinajstić information content (AvgIpc) is 3.35. The maximum atomic E-state index is 12.9. The van der Waals surface area contributed by atoms with Crippen LogP contribution < -0.4 is 0 Å². The van der Waals surface area contributed by atoms with E-state index >= 15 is 0 Å². The molecule has 0 fully saturated rings. The van der Waals surface area contributed by atoms with E-state index in [0.29, 0.717) is 19.3 Å². The lowest BCUT2D eigenvalue weighted by atomic mass is 10.0. The molecule has 0 rings (SSSR count). The Bertz CT molecular complexity index is 1410. The first kappa shape index (κ1) is 67.2. The predicted octanol–water partition coefficient (Wildman–Crippen LogP) is 16.4. The fraction of sp³-hybridized carbons (Fsp3) is 0.776. The molecule has 0 bridgehead atoms. The molecule has 0 saturated carbocycles. The van der Waals surface area contributed by atoms with Crippen LogP contribution in [-0.4, -0.2) is 66.5 Å². The van der Waals surface area contributed by atoms with Crippen LogP contribution in [0.4, 0.5) is 0 Å². The summed E-state index contributed by atoms with van der Waals surface area (Å²) < 4.78 is 39.4. The molecule has 70 heavy (non-hydrogen) atoms. The maximum Gasteiger partial charge on any atom is 0.472 e. The lowest BCUT2D eigenvalue weighted by molar-refractivity contribution is -0.161. The number of esters is 3. The lowest BCUT2D eigenvalue weighted by Gasteiger charge is -2.21. The van der Waals surface area contributed by atoms with Crippen molar-refractivity contribution >= 4 is 25.7 Å². The Kier molecular flexibility index (Phi) is 50.4. The first-order chi connectivity index (χ1) is 34.2. The van der Waals surface area contributed by atoms with Gasteiger partial charge in [-0.05, 0) is 70.6 Å². The van der Waals surface area contributed by atoms with Crippen molar-refractivity contribution in [3.63, 3.8) is 0 Å². The number of hydrogen-bond donors (Lipinski definition) is 2. The Balaban J connectivity index is 4.76. The second kappa shape index (κ2) is 52.5. The molecule has 0 aliphatic heterocycles. The van der Waals surface area contributed by atoms with Crippen LogP contribution in [0.3, 0.4) is 0 Å². The molecule has 0 radical (unpaired) electrons. The van der Waals surface area contributed by atoms with Gasteiger partial charge in [-0.15, -0.1) is 0 Å². The number of allylic oxidation sites excluding steroid dienone is 10. The number of aliphatic hydroxyl groups is 1. The molecule has 2 N–H and O–H groups in total. The molecule has 0 aromatic rings. The summed E-state index contributed by atoms with van der Waals surface area (Å²) in [6.45, 7) is 4.44. The molecular formula is C58H103O11P. The number of phosphoric acid groups is 1. The Morgan fingerprint density at radius 3 is 1.24 bits per heavy atom. The van der Waals surface area contributed by atoms with Crippen LogP contribution >= 0.6 is 7.82 Å². The number of phosphoric ester groups is 1. The first-order valence-corrected chi connectivity index (χ1v) is 29.7. The normalized spacial score (nSPS) is 13.8. The highest BCUT2D eigenvalue weighted by atomic mass is 31.2. The monoisotopic (exact) mass is 1010 g/mol. The summed E-state index contributed by atoms with van der Waals surface area (Å²) in [5.74, 6) is -1.56. The van der Waals surface area contributed by atoms with Crippen molar-refractivity contribution in [1.82, 2.24) is 0 Å². The topological polar surface area (TPSA) is 155 Å². The summed E-state index contributed by atoms with van der Waals surface area (Å²) in [6.07, 6.45) is 56.3. The van der Waals surface area contributed by atoms with Crippen molar-refractivity contribution in [3.05, 3.63) is 60.8 Å². The van der Waals surface area contributed by atoms with Crippen LogP contribution in [0.1, 0.15) is 252 Å². The lowest BCUT2D eigenvalue weighted by Crippen LogP contribution is -2.30. The van der Waals surface area contributed by atoms with Crippen molar-refractivity contribution in [1.29, 1.82) is 0 Å². The number of hydrogen-bond acceptors (Lipinski definition) is 10. The minimum atomic E-state index is -4.76. The highest BCUT2D eigenvalue weighted by Crippen LogP contribution is 2.43. The molecule has 0 heterocycles. The molecule has 3 unspecified atom stereocenters. The largest absolute Gasteiger partial charge is 0.472 e. The van der Waals surface area contributed by atoms with Crippen LogP contribution in [0, 0.1) is 0 Å². The Labute approximate surface area is 427 Å². The highest BCUT2D eigenvalue weighted by Gasteiger charge is 2.28. The summed E-state index contributed by atoms with van der Waals surface area (Å²) in [5.41, 5.74) is 0. The van der Waals surface area contributed by atoms with Gasteiger partial charge in [-0.2, -0.15) is 0 Å². The van der Waals surface area contributed by atoms with Gasteiger partial charge in [0.1, 0.15) is 12.7 Å². The molecule has 0 aromatic carbocycles. The summed E-state index contributed by atoms with van der Waals surface area (Å²) in [5, 5.41) is 9.79. The molecule has 406 valence electrons. The SMILES string of the molecule is CC/C=C\C/C=C\C/C=C\C/C=C\CCC(=O)OC(COC(=O)CCCCCCCCCCCCCCCCCCC)COP(=O)(O)OCC(CO)OC(=O)CCCCCCC/C=C\CCCCCC. The van der Waals surface area contributed by atoms with Gasteiger partial charge in [0.05, 0.1) is 19.8 Å². The van der Waals surface area contributed by atoms with E-state index in [-0.39, 0.29) is 25.9 Å². The smallest absolute Gasteiger partial charge is 0.462 e. The Morgan fingerprint density at radius 1 is 0.414 bits per heavy atom. The van der Waals surface area contributed by atoms with Gasteiger partial charge in [0.25, 0.3) is 0 Å². The van der Waals surface area contributed by atoms with E-state index in [0.717, 1.165) is 83.5 Å². The summed E-state index contributed by atoms with van der Waals surface area (Å²) >= 11 is 0. The van der Waals surface area contributed by atoms with Gasteiger partial charge in [-0.3, -0.25) is 23.4 Å². The van der Waals surface area contributed by atoms with E-state index in [9.17, 15) is 28.9 Å². The zero-order valence-corrected chi connectivity index (χ0v) is 45.6. The van der Waals surface area contributed by atoms with E-state index in [1.807, 2.05) is 12.2 Å². The van der Waals surface area contributed by atoms with Crippen LogP contribution in [0.2, 0.25) is 0 Å².